The molecule has 1 aromatic heterocycles. The Bertz CT molecular complexity index is 1840. The van der Waals surface area contributed by atoms with Gasteiger partial charge in [0.2, 0.25) is 5.91 Å². The number of para-hydroxylation sites is 1. The summed E-state index contributed by atoms with van der Waals surface area (Å²) in [6.45, 7) is 5.78. The van der Waals surface area contributed by atoms with E-state index < -0.39 is 11.9 Å². The summed E-state index contributed by atoms with van der Waals surface area (Å²) in [4.78, 5) is 37.1. The van der Waals surface area contributed by atoms with Crippen molar-refractivity contribution in [3.63, 3.8) is 0 Å². The maximum absolute atomic E-state index is 14.2. The van der Waals surface area contributed by atoms with Crippen LogP contribution in [0.2, 0.25) is 5.02 Å². The van der Waals surface area contributed by atoms with Crippen LogP contribution in [0.25, 0.3) is 27.7 Å². The number of amides is 1. The van der Waals surface area contributed by atoms with Crippen molar-refractivity contribution < 1.29 is 13.9 Å². The Morgan fingerprint density at radius 1 is 0.933 bits per heavy atom. The van der Waals surface area contributed by atoms with E-state index in [1.54, 1.807) is 35.2 Å². The Labute approximate surface area is 266 Å². The van der Waals surface area contributed by atoms with Gasteiger partial charge in [-0.05, 0) is 60.0 Å². The van der Waals surface area contributed by atoms with Crippen LogP contribution in [0.3, 0.4) is 0 Å². The van der Waals surface area contributed by atoms with E-state index in [4.69, 9.17) is 21.3 Å². The Balaban J connectivity index is 1.37. The molecule has 0 spiro atoms. The minimum atomic E-state index is -0.611. The van der Waals surface area contributed by atoms with Gasteiger partial charge in [-0.25, -0.2) is 9.37 Å². The van der Waals surface area contributed by atoms with E-state index in [0.717, 1.165) is 29.8 Å². The van der Waals surface area contributed by atoms with Gasteiger partial charge in [0.05, 0.1) is 47.3 Å². The van der Waals surface area contributed by atoms with Gasteiger partial charge in [-0.15, -0.1) is 0 Å². The maximum atomic E-state index is 14.2. The van der Waals surface area contributed by atoms with Crippen LogP contribution in [0.5, 0.6) is 0 Å². The van der Waals surface area contributed by atoms with E-state index in [1.165, 1.54) is 16.7 Å². The summed E-state index contributed by atoms with van der Waals surface area (Å²) in [5, 5.41) is 0.682. The van der Waals surface area contributed by atoms with Gasteiger partial charge in [-0.1, -0.05) is 72.3 Å². The van der Waals surface area contributed by atoms with Crippen LogP contribution in [-0.4, -0.2) is 64.7 Å². The minimum absolute atomic E-state index is 0.0950. The average molecular weight is 625 g/mol. The number of halogens is 2. The van der Waals surface area contributed by atoms with E-state index in [-0.39, 0.29) is 17.9 Å². The second kappa shape index (κ2) is 13.7. The number of carbonyl (C=O) groups is 1. The predicted molar refractivity (Wildman–Crippen MR) is 175 cm³/mol. The first-order valence-electron chi connectivity index (χ1n) is 15.1. The fourth-order valence-corrected chi connectivity index (χ4v) is 6.00. The minimum Gasteiger partial charge on any atom is -0.379 e. The van der Waals surface area contributed by atoms with Gasteiger partial charge in [0.15, 0.2) is 0 Å². The first-order chi connectivity index (χ1) is 21.9. The highest BCUT2D eigenvalue weighted by Gasteiger charge is 2.28. The molecule has 0 N–H and O–H groups in total. The first kappa shape index (κ1) is 30.6. The highest BCUT2D eigenvalue weighted by molar-refractivity contribution is 6.35. The van der Waals surface area contributed by atoms with Gasteiger partial charge in [-0.3, -0.25) is 19.1 Å². The van der Waals surface area contributed by atoms with Gasteiger partial charge >= 0.3 is 0 Å². The molecule has 4 aromatic carbocycles. The van der Waals surface area contributed by atoms with Crippen LogP contribution in [0.4, 0.5) is 4.39 Å². The molecule has 1 fully saturated rings. The third-order valence-electron chi connectivity index (χ3n) is 8.30. The molecular weight excluding hydrogens is 591 g/mol. The van der Waals surface area contributed by atoms with E-state index >= 15 is 0 Å². The van der Waals surface area contributed by atoms with Gasteiger partial charge in [0, 0.05) is 26.2 Å². The van der Waals surface area contributed by atoms with Crippen molar-refractivity contribution in [3.05, 3.63) is 130 Å². The Morgan fingerprint density at radius 3 is 2.33 bits per heavy atom. The number of hydrogen-bond donors (Lipinski definition) is 0. The van der Waals surface area contributed by atoms with Crippen molar-refractivity contribution in [2.24, 2.45) is 0 Å². The largest absolute Gasteiger partial charge is 0.379 e. The van der Waals surface area contributed by atoms with Crippen LogP contribution in [0, 0.1) is 5.82 Å². The lowest BCUT2D eigenvalue weighted by molar-refractivity contribution is -0.133. The summed E-state index contributed by atoms with van der Waals surface area (Å²) in [7, 11) is 0. The lowest BCUT2D eigenvalue weighted by atomic mass is 10.0. The molecule has 0 saturated carbocycles. The zero-order valence-corrected chi connectivity index (χ0v) is 25.8. The molecule has 1 aliphatic rings. The number of hydrogen-bond acceptors (Lipinski definition) is 5. The predicted octanol–water partition coefficient (Wildman–Crippen LogP) is 6.31. The second-order valence-electron chi connectivity index (χ2n) is 11.2. The summed E-state index contributed by atoms with van der Waals surface area (Å²) in [5.74, 6) is -0.164. The van der Waals surface area contributed by atoms with Crippen LogP contribution in [0.1, 0.15) is 24.4 Å². The average Bonchev–Trinajstić information content (AvgIpc) is 3.07. The third kappa shape index (κ3) is 6.83. The number of benzene rings is 4. The Hall–Kier alpha value is -4.37. The monoisotopic (exact) mass is 624 g/mol. The summed E-state index contributed by atoms with van der Waals surface area (Å²) in [6, 6.07) is 28.2. The van der Waals surface area contributed by atoms with Crippen molar-refractivity contribution in [2.75, 3.05) is 39.4 Å². The number of nitrogens with zero attached hydrogens (tertiary/aromatic N) is 4. The Morgan fingerprint density at radius 2 is 1.62 bits per heavy atom. The maximum Gasteiger partial charge on any atom is 0.266 e. The van der Waals surface area contributed by atoms with Gasteiger partial charge in [-0.2, -0.15) is 0 Å². The normalized spacial score (nSPS) is 14.4. The molecule has 0 radical (unpaired) electrons. The molecule has 6 rings (SSSR count). The molecule has 1 unspecified atom stereocenters. The van der Waals surface area contributed by atoms with Gasteiger partial charge in [0.25, 0.3) is 5.56 Å². The SMILES string of the molecule is CC(c1nc2c(Cl)cccc2c(=O)n1-c1ccc(F)cc1)N(CCN1CCOCC1)C(=O)Cc1ccc(-c2ccccc2)cc1. The quantitative estimate of drug-likeness (QED) is 0.192. The number of fused-ring (bicyclic) bond motifs is 1. The molecule has 230 valence electrons. The third-order valence-corrected chi connectivity index (χ3v) is 8.60. The van der Waals surface area contributed by atoms with E-state index in [2.05, 4.69) is 17.0 Å². The second-order valence-corrected chi connectivity index (χ2v) is 11.6. The number of ether oxygens (including phenoxy) is 1. The number of rotatable bonds is 9. The Kier molecular flexibility index (Phi) is 9.35. The van der Waals surface area contributed by atoms with Crippen LogP contribution in [-0.2, 0) is 16.0 Å². The molecule has 9 heteroatoms. The van der Waals surface area contributed by atoms with Crippen molar-refractivity contribution >= 4 is 28.4 Å². The van der Waals surface area contributed by atoms with E-state index in [0.29, 0.717) is 53.7 Å². The fraction of sp³-hybridized carbons (Fsp3) is 0.250. The summed E-state index contributed by atoms with van der Waals surface area (Å²) in [5.41, 5.74) is 3.54. The molecule has 1 amide bonds. The highest BCUT2D eigenvalue weighted by Crippen LogP contribution is 2.27. The summed E-state index contributed by atoms with van der Waals surface area (Å²) in [6.07, 6.45) is 0.178. The molecule has 5 aromatic rings. The van der Waals surface area contributed by atoms with Crippen molar-refractivity contribution in [1.29, 1.82) is 0 Å². The lowest BCUT2D eigenvalue weighted by Gasteiger charge is -2.34. The van der Waals surface area contributed by atoms with Crippen molar-refractivity contribution in [1.82, 2.24) is 19.4 Å². The van der Waals surface area contributed by atoms with Gasteiger partial charge in [0.1, 0.15) is 11.6 Å². The molecule has 0 bridgehead atoms. The number of carbonyl (C=O) groups excluding carboxylic acids is 1. The van der Waals surface area contributed by atoms with Crippen LogP contribution < -0.4 is 5.56 Å². The van der Waals surface area contributed by atoms with Gasteiger partial charge < -0.3 is 9.64 Å². The van der Waals surface area contributed by atoms with E-state index in [9.17, 15) is 14.0 Å². The lowest BCUT2D eigenvalue weighted by Crippen LogP contribution is -2.45. The topological polar surface area (TPSA) is 67.7 Å². The van der Waals surface area contributed by atoms with Crippen molar-refractivity contribution in [3.8, 4) is 16.8 Å². The summed E-state index contributed by atoms with van der Waals surface area (Å²) >= 11 is 6.53. The molecule has 1 aliphatic heterocycles. The zero-order chi connectivity index (χ0) is 31.3. The fourth-order valence-electron chi connectivity index (χ4n) is 5.78. The molecule has 0 aliphatic carbocycles. The van der Waals surface area contributed by atoms with Crippen LogP contribution >= 0.6 is 11.6 Å². The molecule has 1 atom stereocenters. The highest BCUT2D eigenvalue weighted by atomic mass is 35.5. The number of morpholine rings is 1. The molecule has 45 heavy (non-hydrogen) atoms. The molecule has 7 nitrogen and oxygen atoms in total. The zero-order valence-electron chi connectivity index (χ0n) is 25.0. The smallest absolute Gasteiger partial charge is 0.266 e. The molecule has 2 heterocycles. The standard InChI is InChI=1S/C36H34ClFN4O3/c1-25(35-39-34-31(8-5-9-32(34)37)36(44)42(35)30-16-14-29(38)15-17-30)41(19-18-40-20-22-45-23-21-40)33(43)24-26-10-12-28(13-11-26)27-6-3-2-4-7-27/h2-17,25H,18-24H2,1H3. The molecule has 1 saturated heterocycles. The van der Waals surface area contributed by atoms with Crippen LogP contribution in [0.15, 0.2) is 102 Å². The number of aromatic nitrogens is 2. The molecular formula is C36H34ClFN4O3. The summed E-state index contributed by atoms with van der Waals surface area (Å²) < 4.78 is 20.9. The first-order valence-corrected chi connectivity index (χ1v) is 15.5. The van der Waals surface area contributed by atoms with Crippen molar-refractivity contribution in [2.45, 2.75) is 19.4 Å². The van der Waals surface area contributed by atoms with E-state index in [1.807, 2.05) is 49.4 Å².